The number of hydrogen-bond acceptors (Lipinski definition) is 3. The summed E-state index contributed by atoms with van der Waals surface area (Å²) in [5, 5.41) is 7.73. The van der Waals surface area contributed by atoms with E-state index in [2.05, 4.69) is 0 Å². The van der Waals surface area contributed by atoms with E-state index < -0.39 is 50.3 Å². The van der Waals surface area contributed by atoms with Crippen LogP contribution in [0.4, 0.5) is 18.9 Å². The fourth-order valence-corrected chi connectivity index (χ4v) is 2.91. The zero-order valence-electron chi connectivity index (χ0n) is 12.5. The second-order valence-electron chi connectivity index (χ2n) is 5.25. The molecule has 2 aromatic carbocycles. The van der Waals surface area contributed by atoms with Crippen LogP contribution in [0.5, 0.6) is 0 Å². The van der Waals surface area contributed by atoms with Crippen molar-refractivity contribution in [2.75, 3.05) is 5.73 Å². The predicted octanol–water partition coefficient (Wildman–Crippen LogP) is 4.00. The molecule has 1 heterocycles. The number of nitrogens with zero attached hydrogens (tertiary/aromatic N) is 1. The highest BCUT2D eigenvalue weighted by Gasteiger charge is 2.23. The number of fused-ring (bicyclic) bond motifs is 1. The third kappa shape index (κ3) is 2.67. The lowest BCUT2D eigenvalue weighted by Gasteiger charge is -2.16. The fraction of sp³-hybridized carbons (Fsp3) is 0. The Hall–Kier alpha value is -2.71. The number of carboxylic acids is 1. The Bertz CT molecular complexity index is 1160. The molecule has 5 nitrogen and oxygen atoms in total. The standard InChI is InChI=1S/C16H7Cl2F3N2O3/c17-7-2-8(19)11(3-10(7)22)23-4-6(16(25)26)15(24)5-1-9(20)13(21)12(18)14(5)23/h1-4H,22H2,(H,25,26). The molecule has 0 fully saturated rings. The molecule has 0 bridgehead atoms. The molecule has 0 spiro atoms. The number of carboxylic acid groups (broad SMARTS) is 1. The molecule has 26 heavy (non-hydrogen) atoms. The molecular formula is C16H7Cl2F3N2O3. The van der Waals surface area contributed by atoms with E-state index in [-0.39, 0.29) is 16.4 Å². The topological polar surface area (TPSA) is 85.3 Å². The van der Waals surface area contributed by atoms with E-state index in [0.29, 0.717) is 6.07 Å². The van der Waals surface area contributed by atoms with Gasteiger partial charge in [-0.1, -0.05) is 23.2 Å². The van der Waals surface area contributed by atoms with E-state index >= 15 is 0 Å². The van der Waals surface area contributed by atoms with Gasteiger partial charge < -0.3 is 15.4 Å². The van der Waals surface area contributed by atoms with Gasteiger partial charge in [-0.3, -0.25) is 4.79 Å². The Labute approximate surface area is 153 Å². The molecule has 0 atom stereocenters. The van der Waals surface area contributed by atoms with E-state index in [1.807, 2.05) is 0 Å². The first-order valence-corrected chi connectivity index (χ1v) is 7.60. The van der Waals surface area contributed by atoms with Crippen molar-refractivity contribution in [1.82, 2.24) is 4.57 Å². The Balaban J connectivity index is 2.59. The minimum Gasteiger partial charge on any atom is -0.477 e. The van der Waals surface area contributed by atoms with Crippen molar-refractivity contribution >= 4 is 45.8 Å². The smallest absolute Gasteiger partial charge is 0.341 e. The maximum Gasteiger partial charge on any atom is 0.341 e. The molecule has 0 saturated heterocycles. The number of hydrogen-bond donors (Lipinski definition) is 2. The van der Waals surface area contributed by atoms with E-state index in [1.165, 1.54) is 0 Å². The summed E-state index contributed by atoms with van der Waals surface area (Å²) >= 11 is 11.5. The number of rotatable bonds is 2. The number of nitrogen functional groups attached to an aromatic ring is 1. The number of carbonyl (C=O) groups is 1. The molecule has 0 aliphatic heterocycles. The van der Waals surface area contributed by atoms with Gasteiger partial charge in [0, 0.05) is 6.20 Å². The van der Waals surface area contributed by atoms with Crippen LogP contribution in [-0.4, -0.2) is 15.6 Å². The highest BCUT2D eigenvalue weighted by Crippen LogP contribution is 2.32. The van der Waals surface area contributed by atoms with E-state index in [4.69, 9.17) is 28.9 Å². The minimum atomic E-state index is -1.64. The van der Waals surface area contributed by atoms with Crippen LogP contribution in [-0.2, 0) is 0 Å². The number of halogens is 5. The molecular weight excluding hydrogens is 396 g/mol. The molecule has 0 aliphatic rings. The summed E-state index contributed by atoms with van der Waals surface area (Å²) in [6.07, 6.45) is 0.752. The fourth-order valence-electron chi connectivity index (χ4n) is 2.47. The van der Waals surface area contributed by atoms with Crippen LogP contribution in [0.3, 0.4) is 0 Å². The number of aromatic nitrogens is 1. The van der Waals surface area contributed by atoms with Crippen LogP contribution in [0, 0.1) is 17.5 Å². The second kappa shape index (κ2) is 6.22. The average Bonchev–Trinajstić information content (AvgIpc) is 2.57. The predicted molar refractivity (Wildman–Crippen MR) is 90.8 cm³/mol. The van der Waals surface area contributed by atoms with Gasteiger partial charge in [0.15, 0.2) is 11.6 Å². The van der Waals surface area contributed by atoms with Gasteiger partial charge in [-0.15, -0.1) is 0 Å². The normalized spacial score (nSPS) is 11.1. The van der Waals surface area contributed by atoms with Crippen molar-refractivity contribution in [1.29, 1.82) is 0 Å². The van der Waals surface area contributed by atoms with Crippen molar-refractivity contribution in [3.63, 3.8) is 0 Å². The second-order valence-corrected chi connectivity index (χ2v) is 6.04. The van der Waals surface area contributed by atoms with Gasteiger partial charge in [0.2, 0.25) is 5.43 Å². The first-order valence-electron chi connectivity index (χ1n) is 6.84. The number of pyridine rings is 1. The molecule has 134 valence electrons. The summed E-state index contributed by atoms with van der Waals surface area (Å²) in [4.78, 5) is 23.6. The van der Waals surface area contributed by atoms with E-state index in [1.54, 1.807) is 0 Å². The SMILES string of the molecule is Nc1cc(-n2cc(C(=O)O)c(=O)c3cc(F)c(F)c(Cl)c32)c(F)cc1Cl. The van der Waals surface area contributed by atoms with Crippen molar-refractivity contribution in [2.24, 2.45) is 0 Å². The maximum atomic E-state index is 14.4. The highest BCUT2D eigenvalue weighted by molar-refractivity contribution is 6.35. The lowest BCUT2D eigenvalue weighted by molar-refractivity contribution is 0.0695. The largest absolute Gasteiger partial charge is 0.477 e. The van der Waals surface area contributed by atoms with Crippen LogP contribution in [0.1, 0.15) is 10.4 Å². The van der Waals surface area contributed by atoms with Gasteiger partial charge in [-0.2, -0.15) is 0 Å². The molecule has 1 aromatic heterocycles. The molecule has 3 N–H and O–H groups in total. The van der Waals surface area contributed by atoms with Crippen LogP contribution < -0.4 is 11.2 Å². The minimum absolute atomic E-state index is 0.0644. The average molecular weight is 403 g/mol. The summed E-state index contributed by atoms with van der Waals surface area (Å²) in [5.41, 5.74) is 2.90. The maximum absolute atomic E-state index is 14.4. The quantitative estimate of drug-likeness (QED) is 0.501. The third-order valence-corrected chi connectivity index (χ3v) is 4.35. The summed E-state index contributed by atoms with van der Waals surface area (Å²) in [5.74, 6) is -5.53. The van der Waals surface area contributed by atoms with E-state index in [0.717, 1.165) is 22.9 Å². The Kier molecular flexibility index (Phi) is 4.33. The molecule has 0 amide bonds. The van der Waals surface area contributed by atoms with Crippen LogP contribution in [0.25, 0.3) is 16.6 Å². The summed E-state index contributed by atoms with van der Waals surface area (Å²) in [7, 11) is 0. The molecule has 3 rings (SSSR count). The van der Waals surface area contributed by atoms with Crippen molar-refractivity contribution in [3.05, 3.63) is 67.7 Å². The van der Waals surface area contributed by atoms with Crippen LogP contribution in [0.15, 0.2) is 29.2 Å². The summed E-state index contributed by atoms with van der Waals surface area (Å²) in [6, 6.07) is 2.40. The zero-order chi connectivity index (χ0) is 19.3. The molecule has 10 heteroatoms. The molecule has 0 unspecified atom stereocenters. The Morgan fingerprint density at radius 2 is 1.77 bits per heavy atom. The zero-order valence-corrected chi connectivity index (χ0v) is 14.0. The summed E-state index contributed by atoms with van der Waals surface area (Å²) < 4.78 is 42.8. The number of anilines is 1. The van der Waals surface area contributed by atoms with Crippen LogP contribution >= 0.6 is 23.2 Å². The Morgan fingerprint density at radius 1 is 1.12 bits per heavy atom. The van der Waals surface area contributed by atoms with Gasteiger partial charge in [0.1, 0.15) is 16.4 Å². The first-order chi connectivity index (χ1) is 12.1. The van der Waals surface area contributed by atoms with Crippen LogP contribution in [0.2, 0.25) is 10.0 Å². The Morgan fingerprint density at radius 3 is 2.38 bits per heavy atom. The van der Waals surface area contributed by atoms with Gasteiger partial charge in [0.05, 0.1) is 27.3 Å². The van der Waals surface area contributed by atoms with Crippen molar-refractivity contribution in [3.8, 4) is 5.69 Å². The molecule has 3 aromatic rings. The molecule has 0 aliphatic carbocycles. The monoisotopic (exact) mass is 402 g/mol. The summed E-state index contributed by atoms with van der Waals surface area (Å²) in [6.45, 7) is 0. The van der Waals surface area contributed by atoms with Gasteiger partial charge >= 0.3 is 5.97 Å². The number of benzene rings is 2. The van der Waals surface area contributed by atoms with E-state index in [9.17, 15) is 27.9 Å². The lowest BCUT2D eigenvalue weighted by Crippen LogP contribution is -2.19. The van der Waals surface area contributed by atoms with Crippen molar-refractivity contribution in [2.45, 2.75) is 0 Å². The first kappa shape index (κ1) is 18.1. The lowest BCUT2D eigenvalue weighted by atomic mass is 10.1. The van der Waals surface area contributed by atoms with Gasteiger partial charge in [0.25, 0.3) is 0 Å². The number of aromatic carboxylic acids is 1. The van der Waals surface area contributed by atoms with Crippen molar-refractivity contribution < 1.29 is 23.1 Å². The number of nitrogens with two attached hydrogens (primary N) is 1. The van der Waals surface area contributed by atoms with Gasteiger partial charge in [-0.05, 0) is 18.2 Å². The molecule has 0 radical (unpaired) electrons. The molecule has 0 saturated carbocycles. The highest BCUT2D eigenvalue weighted by atomic mass is 35.5. The van der Waals surface area contributed by atoms with Gasteiger partial charge in [-0.25, -0.2) is 18.0 Å². The third-order valence-electron chi connectivity index (χ3n) is 3.68.